The minimum atomic E-state index is -1.25. The molecule has 0 saturated carbocycles. The number of hydrogen-bond acceptors (Lipinski definition) is 4. The van der Waals surface area contributed by atoms with Crippen molar-refractivity contribution in [3.8, 4) is 0 Å². The largest absolute Gasteiger partial charge is 0.468 e. The molecule has 104 valence electrons. The van der Waals surface area contributed by atoms with Gasteiger partial charge in [-0.25, -0.2) is 0 Å². The van der Waals surface area contributed by atoms with Crippen LogP contribution in [0.25, 0.3) is 0 Å². The Morgan fingerprint density at radius 2 is 1.84 bits per heavy atom. The van der Waals surface area contributed by atoms with Crippen LogP contribution in [0.1, 0.15) is 37.0 Å². The van der Waals surface area contributed by atoms with Crippen molar-refractivity contribution in [3.63, 3.8) is 0 Å². The molecule has 0 aliphatic heterocycles. The molecule has 1 atom stereocenters. The lowest BCUT2D eigenvalue weighted by atomic mass is 9.84. The second-order valence-electron chi connectivity index (χ2n) is 5.21. The maximum Gasteiger partial charge on any atom is 0.326 e. The van der Waals surface area contributed by atoms with Crippen molar-refractivity contribution < 1.29 is 14.3 Å². The lowest BCUT2D eigenvalue weighted by molar-refractivity contribution is -0.147. The number of carbonyl (C=O) groups is 2. The average molecular weight is 263 g/mol. The summed E-state index contributed by atoms with van der Waals surface area (Å²) in [6.07, 6.45) is 0.375. The number of Topliss-reactive ketones (excluding diaryl/α,β-unsaturated/α-hetero) is 1. The number of ketones is 1. The van der Waals surface area contributed by atoms with Crippen molar-refractivity contribution in [1.82, 2.24) is 0 Å². The molecule has 1 unspecified atom stereocenters. The van der Waals surface area contributed by atoms with Gasteiger partial charge in [0.15, 0.2) is 5.78 Å². The van der Waals surface area contributed by atoms with Crippen LogP contribution in [0.2, 0.25) is 0 Å². The maximum atomic E-state index is 12.2. The van der Waals surface area contributed by atoms with Gasteiger partial charge in [0, 0.05) is 12.0 Å². The molecule has 1 aromatic rings. The van der Waals surface area contributed by atoms with Crippen LogP contribution < -0.4 is 5.73 Å². The van der Waals surface area contributed by atoms with Gasteiger partial charge < -0.3 is 10.5 Å². The third-order valence-electron chi connectivity index (χ3n) is 2.94. The van der Waals surface area contributed by atoms with Crippen LogP contribution in [0.15, 0.2) is 30.3 Å². The van der Waals surface area contributed by atoms with Crippen LogP contribution in [0.5, 0.6) is 0 Å². The maximum absolute atomic E-state index is 12.2. The zero-order chi connectivity index (χ0) is 14.5. The summed E-state index contributed by atoms with van der Waals surface area (Å²) in [5.41, 5.74) is 5.40. The fraction of sp³-hybridized carbons (Fsp3) is 0.467. The van der Waals surface area contributed by atoms with E-state index in [1.54, 1.807) is 24.3 Å². The second-order valence-corrected chi connectivity index (χ2v) is 5.21. The molecule has 1 aromatic carbocycles. The molecular formula is C15H21NO3. The van der Waals surface area contributed by atoms with E-state index >= 15 is 0 Å². The summed E-state index contributed by atoms with van der Waals surface area (Å²) in [6, 6.07) is 8.84. The predicted octanol–water partition coefficient (Wildman–Crippen LogP) is 2.18. The fourth-order valence-electron chi connectivity index (χ4n) is 2.17. The highest BCUT2D eigenvalue weighted by Gasteiger charge is 2.38. The molecule has 0 spiro atoms. The first kappa shape index (κ1) is 15.4. The first-order chi connectivity index (χ1) is 8.89. The van der Waals surface area contributed by atoms with Crippen molar-refractivity contribution in [2.75, 3.05) is 7.11 Å². The Bertz CT molecular complexity index is 442. The van der Waals surface area contributed by atoms with Crippen molar-refractivity contribution in [1.29, 1.82) is 0 Å². The lowest BCUT2D eigenvalue weighted by Crippen LogP contribution is -2.51. The number of nitrogens with two attached hydrogens (primary N) is 1. The van der Waals surface area contributed by atoms with Crippen LogP contribution in [0.3, 0.4) is 0 Å². The molecule has 0 aliphatic rings. The van der Waals surface area contributed by atoms with Crippen LogP contribution >= 0.6 is 0 Å². The number of methoxy groups -OCH3 is 1. The Morgan fingerprint density at radius 3 is 2.32 bits per heavy atom. The van der Waals surface area contributed by atoms with Crippen molar-refractivity contribution in [2.45, 2.75) is 32.2 Å². The molecule has 0 radical (unpaired) electrons. The van der Waals surface area contributed by atoms with Gasteiger partial charge in [-0.2, -0.15) is 0 Å². The normalized spacial score (nSPS) is 13.9. The molecule has 4 nitrogen and oxygen atoms in total. The quantitative estimate of drug-likeness (QED) is 0.631. The van der Waals surface area contributed by atoms with Crippen molar-refractivity contribution >= 4 is 11.8 Å². The van der Waals surface area contributed by atoms with E-state index in [0.29, 0.717) is 12.0 Å². The molecule has 0 fully saturated rings. The van der Waals surface area contributed by atoms with E-state index in [1.165, 1.54) is 7.11 Å². The molecule has 0 amide bonds. The van der Waals surface area contributed by atoms with Gasteiger partial charge >= 0.3 is 5.97 Å². The number of ether oxygens (including phenoxy) is 1. The minimum Gasteiger partial charge on any atom is -0.468 e. The van der Waals surface area contributed by atoms with Gasteiger partial charge in [0.1, 0.15) is 5.54 Å². The van der Waals surface area contributed by atoms with Crippen LogP contribution in [-0.4, -0.2) is 24.4 Å². The first-order valence-corrected chi connectivity index (χ1v) is 6.34. The van der Waals surface area contributed by atoms with E-state index in [1.807, 2.05) is 19.9 Å². The average Bonchev–Trinajstić information content (AvgIpc) is 2.37. The molecule has 0 saturated heterocycles. The SMILES string of the molecule is COC(=O)C(N)(CC(=O)c1ccccc1)CC(C)C. The molecule has 0 bridgehead atoms. The van der Waals surface area contributed by atoms with Gasteiger partial charge in [0.05, 0.1) is 7.11 Å². The van der Waals surface area contributed by atoms with Crippen molar-refractivity contribution in [3.05, 3.63) is 35.9 Å². The zero-order valence-electron chi connectivity index (χ0n) is 11.7. The minimum absolute atomic E-state index is 0.0398. The van der Waals surface area contributed by atoms with E-state index in [4.69, 9.17) is 10.5 Å². The molecule has 4 heteroatoms. The highest BCUT2D eigenvalue weighted by Crippen LogP contribution is 2.22. The van der Waals surface area contributed by atoms with E-state index in [0.717, 1.165) is 0 Å². The molecule has 0 aliphatic carbocycles. The molecular weight excluding hydrogens is 242 g/mol. The Labute approximate surface area is 113 Å². The Kier molecular flexibility index (Phi) is 5.24. The summed E-state index contributed by atoms with van der Waals surface area (Å²) in [7, 11) is 1.29. The number of rotatable bonds is 6. The lowest BCUT2D eigenvalue weighted by Gasteiger charge is -2.27. The highest BCUT2D eigenvalue weighted by atomic mass is 16.5. The molecule has 0 aromatic heterocycles. The standard InChI is InChI=1S/C15H21NO3/c1-11(2)9-15(16,14(18)19-3)10-13(17)12-7-5-4-6-8-12/h4-8,11H,9-10,16H2,1-3H3. The van der Waals surface area contributed by atoms with E-state index in [2.05, 4.69) is 0 Å². The first-order valence-electron chi connectivity index (χ1n) is 6.34. The molecule has 19 heavy (non-hydrogen) atoms. The van der Waals surface area contributed by atoms with Gasteiger partial charge in [0.2, 0.25) is 0 Å². The summed E-state index contributed by atoms with van der Waals surface area (Å²) in [4.78, 5) is 24.0. The summed E-state index contributed by atoms with van der Waals surface area (Å²) < 4.78 is 4.74. The third-order valence-corrected chi connectivity index (χ3v) is 2.94. The monoisotopic (exact) mass is 263 g/mol. The predicted molar refractivity (Wildman–Crippen MR) is 73.8 cm³/mol. The molecule has 0 heterocycles. The second kappa shape index (κ2) is 6.48. The number of hydrogen-bond donors (Lipinski definition) is 1. The van der Waals surface area contributed by atoms with Gasteiger partial charge in [-0.15, -0.1) is 0 Å². The Balaban J connectivity index is 2.89. The van der Waals surface area contributed by atoms with E-state index in [9.17, 15) is 9.59 Å². The third kappa shape index (κ3) is 4.17. The highest BCUT2D eigenvalue weighted by molar-refractivity contribution is 6.00. The Morgan fingerprint density at radius 1 is 1.26 bits per heavy atom. The van der Waals surface area contributed by atoms with Gasteiger partial charge in [0.25, 0.3) is 0 Å². The van der Waals surface area contributed by atoms with Crippen LogP contribution in [-0.2, 0) is 9.53 Å². The summed E-state index contributed by atoms with van der Waals surface area (Å²) in [5, 5.41) is 0. The molecule has 2 N–H and O–H groups in total. The van der Waals surface area contributed by atoms with Gasteiger partial charge in [-0.1, -0.05) is 44.2 Å². The number of carbonyl (C=O) groups excluding carboxylic acids is 2. The van der Waals surface area contributed by atoms with Crippen molar-refractivity contribution in [2.24, 2.45) is 11.7 Å². The Hall–Kier alpha value is -1.68. The van der Waals surface area contributed by atoms with Gasteiger partial charge in [-0.05, 0) is 12.3 Å². The van der Waals surface area contributed by atoms with Crippen LogP contribution in [0, 0.1) is 5.92 Å². The molecule has 1 rings (SSSR count). The zero-order valence-corrected chi connectivity index (χ0v) is 11.7. The summed E-state index contributed by atoms with van der Waals surface area (Å²) in [6.45, 7) is 3.91. The summed E-state index contributed by atoms with van der Waals surface area (Å²) in [5.74, 6) is -0.479. The number of esters is 1. The van der Waals surface area contributed by atoms with Crippen LogP contribution in [0.4, 0.5) is 0 Å². The summed E-state index contributed by atoms with van der Waals surface area (Å²) >= 11 is 0. The van der Waals surface area contributed by atoms with Gasteiger partial charge in [-0.3, -0.25) is 9.59 Å². The topological polar surface area (TPSA) is 69.4 Å². The smallest absolute Gasteiger partial charge is 0.326 e. The van der Waals surface area contributed by atoms with E-state index in [-0.39, 0.29) is 18.1 Å². The van der Waals surface area contributed by atoms with E-state index < -0.39 is 11.5 Å². The number of benzene rings is 1. The fourth-order valence-corrected chi connectivity index (χ4v) is 2.17.